The number of rotatable bonds is 7. The average molecular weight is 548 g/mol. The Morgan fingerprint density at radius 2 is 1.54 bits per heavy atom. The van der Waals surface area contributed by atoms with Crippen molar-refractivity contribution >= 4 is 40.1 Å². The Labute approximate surface area is 239 Å². The van der Waals surface area contributed by atoms with Gasteiger partial charge in [-0.05, 0) is 67.6 Å². The zero-order valence-electron chi connectivity index (χ0n) is 23.6. The number of esters is 1. The van der Waals surface area contributed by atoms with Crippen LogP contribution in [-0.4, -0.2) is 30.8 Å². The van der Waals surface area contributed by atoms with Gasteiger partial charge < -0.3 is 19.2 Å². The molecule has 1 atom stereocenters. The Bertz CT molecular complexity index is 1740. The predicted molar refractivity (Wildman–Crippen MR) is 163 cm³/mol. The van der Waals surface area contributed by atoms with Gasteiger partial charge in [-0.3, -0.25) is 0 Å². The van der Waals surface area contributed by atoms with Crippen molar-refractivity contribution in [2.75, 3.05) is 7.11 Å². The fraction of sp³-hybridized carbons (Fsp3) is 0.200. The van der Waals surface area contributed by atoms with Crippen LogP contribution in [0, 0.1) is 0 Å². The van der Waals surface area contributed by atoms with Crippen LogP contribution in [0.15, 0.2) is 101 Å². The van der Waals surface area contributed by atoms with Crippen LogP contribution in [0.25, 0.3) is 50.3 Å². The minimum Gasteiger partial charge on any atom is -0.467 e. The highest BCUT2D eigenvalue weighted by Gasteiger charge is 2.24. The van der Waals surface area contributed by atoms with Gasteiger partial charge in [-0.25, -0.2) is 9.59 Å². The summed E-state index contributed by atoms with van der Waals surface area (Å²) in [4.78, 5) is 24.4. The Balaban J connectivity index is 1.36. The van der Waals surface area contributed by atoms with Crippen LogP contribution in [0.1, 0.15) is 32.8 Å². The van der Waals surface area contributed by atoms with Gasteiger partial charge in [0.25, 0.3) is 0 Å². The number of hydrogen-bond acceptors (Lipinski definition) is 5. The van der Waals surface area contributed by atoms with Crippen molar-refractivity contribution in [3.05, 3.63) is 103 Å². The highest BCUT2D eigenvalue weighted by Crippen LogP contribution is 2.36. The van der Waals surface area contributed by atoms with E-state index in [0.29, 0.717) is 0 Å². The van der Waals surface area contributed by atoms with E-state index < -0.39 is 23.7 Å². The normalized spacial score (nSPS) is 12.5. The topological polar surface area (TPSA) is 77.8 Å². The second-order valence-electron chi connectivity index (χ2n) is 10.8. The number of benzene rings is 4. The number of amides is 1. The number of ether oxygens (including phenoxy) is 2. The SMILES string of the molecule is COC(=O)[C@H](C/C=C/c1cccc(-c2cccc(-c3cccc4c3oc3ccccc34)c2)c1)NC(=O)OC(C)(C)C. The lowest BCUT2D eigenvalue weighted by Crippen LogP contribution is -2.43. The molecule has 0 saturated heterocycles. The van der Waals surface area contributed by atoms with E-state index in [-0.39, 0.29) is 6.42 Å². The van der Waals surface area contributed by atoms with Gasteiger partial charge >= 0.3 is 12.1 Å². The molecular formula is C35H33NO5. The standard InChI is InChI=1S/C35H33NO5/c1-35(2,3)41-34(38)36-30(33(37)39-4)19-8-12-23-11-7-13-24(21-23)25-14-9-15-26(22-25)27-17-10-18-29-28-16-5-6-20-31(28)40-32(27)29/h5-18,20-22,30H,19H2,1-4H3,(H,36,38)/b12-8+/t30-/m0/s1. The summed E-state index contributed by atoms with van der Waals surface area (Å²) in [5.41, 5.74) is 6.30. The first kappa shape index (κ1) is 27.7. The Kier molecular flexibility index (Phi) is 7.92. The summed E-state index contributed by atoms with van der Waals surface area (Å²) < 4.78 is 16.4. The van der Waals surface area contributed by atoms with Crippen LogP contribution in [0.4, 0.5) is 4.79 Å². The van der Waals surface area contributed by atoms with Gasteiger partial charge in [-0.15, -0.1) is 0 Å². The number of nitrogens with one attached hydrogen (secondary N) is 1. The maximum Gasteiger partial charge on any atom is 0.408 e. The first-order valence-corrected chi connectivity index (χ1v) is 13.6. The molecule has 5 aromatic rings. The Hall–Kier alpha value is -4.84. The number of carbonyl (C=O) groups excluding carboxylic acids is 2. The molecule has 6 heteroatoms. The Morgan fingerprint density at radius 3 is 2.32 bits per heavy atom. The number of para-hydroxylation sites is 2. The molecule has 208 valence electrons. The van der Waals surface area contributed by atoms with Crippen molar-refractivity contribution in [1.29, 1.82) is 0 Å². The molecule has 5 rings (SSSR count). The number of hydrogen-bond donors (Lipinski definition) is 1. The summed E-state index contributed by atoms with van der Waals surface area (Å²) in [7, 11) is 1.29. The maximum atomic E-state index is 12.2. The van der Waals surface area contributed by atoms with E-state index in [1.165, 1.54) is 7.11 Å². The molecule has 0 unspecified atom stereocenters. The number of carbonyl (C=O) groups is 2. The molecule has 0 fully saturated rings. The minimum atomic E-state index is -0.855. The average Bonchev–Trinajstić information content (AvgIpc) is 3.34. The van der Waals surface area contributed by atoms with Gasteiger partial charge in [-0.1, -0.05) is 84.9 Å². The van der Waals surface area contributed by atoms with E-state index in [1.807, 2.05) is 42.5 Å². The van der Waals surface area contributed by atoms with Crippen molar-refractivity contribution in [3.63, 3.8) is 0 Å². The molecule has 0 saturated carbocycles. The van der Waals surface area contributed by atoms with Gasteiger partial charge in [0.2, 0.25) is 0 Å². The smallest absolute Gasteiger partial charge is 0.408 e. The molecule has 41 heavy (non-hydrogen) atoms. The highest BCUT2D eigenvalue weighted by molar-refractivity contribution is 6.09. The van der Waals surface area contributed by atoms with Crippen LogP contribution in [0.2, 0.25) is 0 Å². The van der Waals surface area contributed by atoms with Crippen LogP contribution >= 0.6 is 0 Å². The van der Waals surface area contributed by atoms with Crippen molar-refractivity contribution in [2.24, 2.45) is 0 Å². The van der Waals surface area contributed by atoms with Gasteiger partial charge in [0.1, 0.15) is 22.8 Å². The minimum absolute atomic E-state index is 0.257. The number of furan rings is 1. The lowest BCUT2D eigenvalue weighted by atomic mass is 9.97. The third-order valence-electron chi connectivity index (χ3n) is 6.66. The van der Waals surface area contributed by atoms with E-state index in [2.05, 4.69) is 66.0 Å². The third kappa shape index (κ3) is 6.49. The molecule has 6 nitrogen and oxygen atoms in total. The summed E-state index contributed by atoms with van der Waals surface area (Å²) in [5, 5.41) is 4.80. The fourth-order valence-electron chi connectivity index (χ4n) is 4.81. The van der Waals surface area contributed by atoms with E-state index >= 15 is 0 Å². The van der Waals surface area contributed by atoms with Crippen molar-refractivity contribution in [3.8, 4) is 22.3 Å². The summed E-state index contributed by atoms with van der Waals surface area (Å²) in [6.07, 6.45) is 3.36. The monoisotopic (exact) mass is 547 g/mol. The molecule has 1 amide bonds. The lowest BCUT2D eigenvalue weighted by Gasteiger charge is -2.22. The van der Waals surface area contributed by atoms with Crippen LogP contribution < -0.4 is 5.32 Å². The molecule has 0 aliphatic carbocycles. The first-order valence-electron chi connectivity index (χ1n) is 13.6. The molecule has 1 N–H and O–H groups in total. The maximum absolute atomic E-state index is 12.2. The molecule has 0 spiro atoms. The quantitative estimate of drug-likeness (QED) is 0.207. The molecular weight excluding hydrogens is 514 g/mol. The zero-order valence-corrected chi connectivity index (χ0v) is 23.6. The summed E-state index contributed by atoms with van der Waals surface area (Å²) in [6.45, 7) is 5.30. The molecule has 0 aliphatic rings. The number of alkyl carbamates (subject to hydrolysis) is 1. The van der Waals surface area contributed by atoms with Crippen molar-refractivity contribution in [2.45, 2.75) is 38.8 Å². The van der Waals surface area contributed by atoms with Crippen LogP contribution in [0.5, 0.6) is 0 Å². The molecule has 1 aromatic heterocycles. The third-order valence-corrected chi connectivity index (χ3v) is 6.66. The van der Waals surface area contributed by atoms with Gasteiger partial charge in [-0.2, -0.15) is 0 Å². The summed E-state index contributed by atoms with van der Waals surface area (Å²) in [5.74, 6) is -0.537. The number of fused-ring (bicyclic) bond motifs is 3. The van der Waals surface area contributed by atoms with Crippen molar-refractivity contribution < 1.29 is 23.5 Å². The molecule has 4 aromatic carbocycles. The Morgan fingerprint density at radius 1 is 0.854 bits per heavy atom. The zero-order chi connectivity index (χ0) is 29.0. The molecule has 0 bridgehead atoms. The van der Waals surface area contributed by atoms with E-state index in [0.717, 1.165) is 49.8 Å². The van der Waals surface area contributed by atoms with E-state index in [1.54, 1.807) is 20.8 Å². The molecule has 1 heterocycles. The molecule has 0 aliphatic heterocycles. The predicted octanol–water partition coefficient (Wildman–Crippen LogP) is 8.39. The van der Waals surface area contributed by atoms with E-state index in [9.17, 15) is 9.59 Å². The van der Waals surface area contributed by atoms with Gasteiger partial charge in [0.05, 0.1) is 7.11 Å². The highest BCUT2D eigenvalue weighted by atomic mass is 16.6. The van der Waals surface area contributed by atoms with Crippen molar-refractivity contribution in [1.82, 2.24) is 5.32 Å². The van der Waals surface area contributed by atoms with Gasteiger partial charge in [0, 0.05) is 16.3 Å². The fourth-order valence-corrected chi connectivity index (χ4v) is 4.81. The number of methoxy groups -OCH3 is 1. The van der Waals surface area contributed by atoms with Crippen LogP contribution in [-0.2, 0) is 14.3 Å². The van der Waals surface area contributed by atoms with Gasteiger partial charge in [0.15, 0.2) is 0 Å². The van der Waals surface area contributed by atoms with E-state index in [4.69, 9.17) is 13.9 Å². The largest absolute Gasteiger partial charge is 0.467 e. The summed E-state index contributed by atoms with van der Waals surface area (Å²) in [6, 6.07) is 30.0. The molecule has 0 radical (unpaired) electrons. The lowest BCUT2D eigenvalue weighted by molar-refractivity contribution is -0.143. The summed E-state index contributed by atoms with van der Waals surface area (Å²) >= 11 is 0. The second-order valence-corrected chi connectivity index (χ2v) is 10.8. The second kappa shape index (κ2) is 11.7. The van der Waals surface area contributed by atoms with Crippen LogP contribution in [0.3, 0.4) is 0 Å². The first-order chi connectivity index (χ1) is 19.7.